The van der Waals surface area contributed by atoms with E-state index in [9.17, 15) is 13.2 Å². The molecule has 0 radical (unpaired) electrons. The van der Waals surface area contributed by atoms with Gasteiger partial charge in [-0.2, -0.15) is 13.2 Å². The normalized spacial score (nSPS) is 15.3. The minimum absolute atomic E-state index is 0.195. The standard InChI is InChI=1S/C5H11F3N2/c1-4(5(6,7)8)10-3-2-9/h4,10H,2-3,9H2,1H3. The maximum Gasteiger partial charge on any atom is 0.403 e. The first-order chi connectivity index (χ1) is 4.48. The molecule has 0 spiro atoms. The summed E-state index contributed by atoms with van der Waals surface area (Å²) in [6.07, 6.45) is -4.16. The zero-order valence-electron chi connectivity index (χ0n) is 5.70. The van der Waals surface area contributed by atoms with Crippen molar-refractivity contribution in [1.29, 1.82) is 0 Å². The number of rotatable bonds is 3. The van der Waals surface area contributed by atoms with Crippen molar-refractivity contribution in [2.75, 3.05) is 13.1 Å². The summed E-state index contributed by atoms with van der Waals surface area (Å²) in [5, 5.41) is 2.22. The molecule has 10 heavy (non-hydrogen) atoms. The molecule has 0 aliphatic carbocycles. The fraction of sp³-hybridized carbons (Fsp3) is 1.00. The van der Waals surface area contributed by atoms with Gasteiger partial charge in [0.05, 0.1) is 0 Å². The van der Waals surface area contributed by atoms with Gasteiger partial charge in [0, 0.05) is 13.1 Å². The molecule has 0 aliphatic heterocycles. The summed E-state index contributed by atoms with van der Waals surface area (Å²) in [7, 11) is 0. The van der Waals surface area contributed by atoms with Gasteiger partial charge in [0.1, 0.15) is 6.04 Å². The Labute approximate surface area is 57.6 Å². The van der Waals surface area contributed by atoms with Crippen LogP contribution in [0.5, 0.6) is 0 Å². The second-order valence-corrected chi connectivity index (χ2v) is 2.01. The van der Waals surface area contributed by atoms with Crippen molar-refractivity contribution in [3.8, 4) is 0 Å². The summed E-state index contributed by atoms with van der Waals surface area (Å²) in [4.78, 5) is 0. The van der Waals surface area contributed by atoms with E-state index >= 15 is 0 Å². The third-order valence-electron chi connectivity index (χ3n) is 1.09. The quantitative estimate of drug-likeness (QED) is 0.624. The summed E-state index contributed by atoms with van der Waals surface area (Å²) in [5.41, 5.74) is 4.99. The zero-order chi connectivity index (χ0) is 8.20. The van der Waals surface area contributed by atoms with Gasteiger partial charge in [-0.25, -0.2) is 0 Å². The second-order valence-electron chi connectivity index (χ2n) is 2.01. The van der Waals surface area contributed by atoms with Crippen molar-refractivity contribution in [3.63, 3.8) is 0 Å². The lowest BCUT2D eigenvalue weighted by atomic mass is 10.3. The predicted molar refractivity (Wildman–Crippen MR) is 32.6 cm³/mol. The van der Waals surface area contributed by atoms with Crippen molar-refractivity contribution in [2.45, 2.75) is 19.1 Å². The third kappa shape index (κ3) is 3.68. The molecule has 0 saturated heterocycles. The highest BCUT2D eigenvalue weighted by atomic mass is 19.4. The molecule has 1 atom stereocenters. The van der Waals surface area contributed by atoms with Crippen LogP contribution in [0.4, 0.5) is 13.2 Å². The third-order valence-corrected chi connectivity index (χ3v) is 1.09. The first kappa shape index (κ1) is 9.71. The predicted octanol–water partition coefficient (Wildman–Crippen LogP) is 0.485. The average Bonchev–Trinajstić information content (AvgIpc) is 1.80. The van der Waals surface area contributed by atoms with Crippen LogP contribution in [0.2, 0.25) is 0 Å². The van der Waals surface area contributed by atoms with Crippen LogP contribution in [0.1, 0.15) is 6.92 Å². The summed E-state index contributed by atoms with van der Waals surface area (Å²) in [6.45, 7) is 1.48. The monoisotopic (exact) mass is 156 g/mol. The van der Waals surface area contributed by atoms with Crippen molar-refractivity contribution in [2.24, 2.45) is 5.73 Å². The van der Waals surface area contributed by atoms with Gasteiger partial charge in [-0.1, -0.05) is 0 Å². The van der Waals surface area contributed by atoms with Crippen LogP contribution in [0, 0.1) is 0 Å². The molecule has 2 nitrogen and oxygen atoms in total. The van der Waals surface area contributed by atoms with Crippen LogP contribution in [-0.4, -0.2) is 25.3 Å². The van der Waals surface area contributed by atoms with Gasteiger partial charge in [0.2, 0.25) is 0 Å². The fourth-order valence-corrected chi connectivity index (χ4v) is 0.416. The summed E-state index contributed by atoms with van der Waals surface area (Å²) in [6, 6.07) is -1.46. The minimum atomic E-state index is -4.16. The summed E-state index contributed by atoms with van der Waals surface area (Å²) >= 11 is 0. The maximum absolute atomic E-state index is 11.7. The van der Waals surface area contributed by atoms with Gasteiger partial charge < -0.3 is 11.1 Å². The lowest BCUT2D eigenvalue weighted by Gasteiger charge is -2.15. The molecule has 0 saturated carbocycles. The SMILES string of the molecule is CC(NCCN)C(F)(F)F. The van der Waals surface area contributed by atoms with E-state index in [4.69, 9.17) is 5.73 Å². The highest BCUT2D eigenvalue weighted by Crippen LogP contribution is 2.18. The number of nitrogens with two attached hydrogens (primary N) is 1. The lowest BCUT2D eigenvalue weighted by Crippen LogP contribution is -2.41. The Balaban J connectivity index is 3.52. The number of hydrogen-bond acceptors (Lipinski definition) is 2. The molecular formula is C5H11F3N2. The Kier molecular flexibility index (Phi) is 3.67. The van der Waals surface area contributed by atoms with Crippen molar-refractivity contribution < 1.29 is 13.2 Å². The molecule has 0 heterocycles. The second kappa shape index (κ2) is 3.78. The number of alkyl halides is 3. The molecule has 5 heteroatoms. The van der Waals surface area contributed by atoms with Crippen LogP contribution in [0.25, 0.3) is 0 Å². The van der Waals surface area contributed by atoms with Crippen LogP contribution >= 0.6 is 0 Å². The molecule has 0 amide bonds. The van der Waals surface area contributed by atoms with Gasteiger partial charge in [0.25, 0.3) is 0 Å². The highest BCUT2D eigenvalue weighted by Gasteiger charge is 2.35. The zero-order valence-corrected chi connectivity index (χ0v) is 5.70. The fourth-order valence-electron chi connectivity index (χ4n) is 0.416. The molecule has 0 aliphatic rings. The molecule has 62 valence electrons. The van der Waals surface area contributed by atoms with E-state index in [2.05, 4.69) is 5.32 Å². The Hall–Kier alpha value is -0.290. The maximum atomic E-state index is 11.7. The summed E-state index contributed by atoms with van der Waals surface area (Å²) in [5.74, 6) is 0. The van der Waals surface area contributed by atoms with Gasteiger partial charge in [-0.3, -0.25) is 0 Å². The summed E-state index contributed by atoms with van der Waals surface area (Å²) < 4.78 is 35.0. The van der Waals surface area contributed by atoms with Crippen molar-refractivity contribution in [1.82, 2.24) is 5.32 Å². The number of hydrogen-bond donors (Lipinski definition) is 2. The van der Waals surface area contributed by atoms with Gasteiger partial charge in [-0.15, -0.1) is 0 Å². The molecule has 0 fully saturated rings. The van der Waals surface area contributed by atoms with Crippen LogP contribution < -0.4 is 11.1 Å². The van der Waals surface area contributed by atoms with Gasteiger partial charge >= 0.3 is 6.18 Å². The Morgan fingerprint density at radius 3 is 2.30 bits per heavy atom. The molecule has 3 N–H and O–H groups in total. The lowest BCUT2D eigenvalue weighted by molar-refractivity contribution is -0.151. The van der Waals surface area contributed by atoms with E-state index < -0.39 is 12.2 Å². The Bertz CT molecular complexity index is 91.4. The van der Waals surface area contributed by atoms with E-state index in [1.807, 2.05) is 0 Å². The molecular weight excluding hydrogens is 145 g/mol. The molecule has 0 aromatic carbocycles. The van der Waals surface area contributed by atoms with Gasteiger partial charge in [0.15, 0.2) is 0 Å². The van der Waals surface area contributed by atoms with E-state index in [1.165, 1.54) is 0 Å². The first-order valence-electron chi connectivity index (χ1n) is 2.98. The van der Waals surface area contributed by atoms with E-state index in [0.29, 0.717) is 0 Å². The highest BCUT2D eigenvalue weighted by molar-refractivity contribution is 4.68. The van der Waals surface area contributed by atoms with Crippen LogP contribution in [0.3, 0.4) is 0 Å². The van der Waals surface area contributed by atoms with Crippen molar-refractivity contribution >= 4 is 0 Å². The molecule has 1 unspecified atom stereocenters. The van der Waals surface area contributed by atoms with Crippen LogP contribution in [-0.2, 0) is 0 Å². The number of nitrogens with one attached hydrogen (secondary N) is 1. The molecule has 0 aromatic rings. The first-order valence-corrected chi connectivity index (χ1v) is 2.98. The minimum Gasteiger partial charge on any atom is -0.329 e. The van der Waals surface area contributed by atoms with E-state index in [0.717, 1.165) is 6.92 Å². The van der Waals surface area contributed by atoms with Crippen molar-refractivity contribution in [3.05, 3.63) is 0 Å². The Morgan fingerprint density at radius 2 is 2.00 bits per heavy atom. The van der Waals surface area contributed by atoms with Crippen LogP contribution in [0.15, 0.2) is 0 Å². The van der Waals surface area contributed by atoms with E-state index in [1.54, 1.807) is 0 Å². The molecule has 0 bridgehead atoms. The van der Waals surface area contributed by atoms with Gasteiger partial charge in [-0.05, 0) is 6.92 Å². The number of halogens is 3. The molecule has 0 rings (SSSR count). The smallest absolute Gasteiger partial charge is 0.329 e. The molecule has 0 aromatic heterocycles. The van der Waals surface area contributed by atoms with E-state index in [-0.39, 0.29) is 13.1 Å². The average molecular weight is 156 g/mol. The Morgan fingerprint density at radius 1 is 1.50 bits per heavy atom. The topological polar surface area (TPSA) is 38.0 Å². The largest absolute Gasteiger partial charge is 0.403 e.